The van der Waals surface area contributed by atoms with Gasteiger partial charge in [-0.15, -0.1) is 6.58 Å². The second-order valence-electron chi connectivity index (χ2n) is 6.93. The summed E-state index contributed by atoms with van der Waals surface area (Å²) in [5.41, 5.74) is 1.91. The van der Waals surface area contributed by atoms with E-state index < -0.39 is 17.5 Å². The summed E-state index contributed by atoms with van der Waals surface area (Å²) in [4.78, 5) is 0. The number of hydrogen-bond acceptors (Lipinski definition) is 0. The molecule has 0 aromatic heterocycles. The molecule has 0 heterocycles. The van der Waals surface area contributed by atoms with Crippen molar-refractivity contribution in [3.8, 4) is 11.1 Å². The minimum atomic E-state index is -1.42. The van der Waals surface area contributed by atoms with Crippen LogP contribution in [-0.2, 0) is 0 Å². The molecule has 2 aromatic carbocycles. The molecule has 1 aliphatic rings. The van der Waals surface area contributed by atoms with Crippen LogP contribution in [0.2, 0.25) is 0 Å². The fourth-order valence-electron chi connectivity index (χ4n) is 3.82. The lowest BCUT2D eigenvalue weighted by Gasteiger charge is -2.28. The Morgan fingerprint density at radius 3 is 2.20 bits per heavy atom. The zero-order valence-electron chi connectivity index (χ0n) is 14.3. The molecule has 0 unspecified atom stereocenters. The first-order valence-electron chi connectivity index (χ1n) is 8.95. The number of rotatable bonds is 5. The summed E-state index contributed by atoms with van der Waals surface area (Å²) in [6.45, 7) is 3.79. The van der Waals surface area contributed by atoms with Crippen LogP contribution >= 0.6 is 0 Å². The van der Waals surface area contributed by atoms with Gasteiger partial charge in [0.05, 0.1) is 0 Å². The smallest absolute Gasteiger partial charge is 0.195 e. The van der Waals surface area contributed by atoms with Crippen molar-refractivity contribution in [2.75, 3.05) is 0 Å². The lowest BCUT2D eigenvalue weighted by atomic mass is 9.77. The maximum atomic E-state index is 13.9. The molecule has 0 bridgehead atoms. The summed E-state index contributed by atoms with van der Waals surface area (Å²) < 4.78 is 40.4. The number of halogens is 3. The van der Waals surface area contributed by atoms with Crippen molar-refractivity contribution >= 4 is 0 Å². The Morgan fingerprint density at radius 2 is 1.56 bits per heavy atom. The van der Waals surface area contributed by atoms with Crippen LogP contribution in [0.3, 0.4) is 0 Å². The van der Waals surface area contributed by atoms with Crippen LogP contribution in [0.5, 0.6) is 0 Å². The number of benzene rings is 2. The standard InChI is InChI=1S/C22H23F3/c1-2-3-4-15-5-7-16(8-6-15)17-9-11-18(12-10-17)19-13-14-20(23)22(25)21(19)24/h2,9-16H,1,3-8H2. The van der Waals surface area contributed by atoms with Crippen LogP contribution in [0.15, 0.2) is 49.1 Å². The Labute approximate surface area is 147 Å². The van der Waals surface area contributed by atoms with Crippen molar-refractivity contribution < 1.29 is 13.2 Å². The second-order valence-corrected chi connectivity index (χ2v) is 6.93. The van der Waals surface area contributed by atoms with Crippen molar-refractivity contribution in [3.63, 3.8) is 0 Å². The molecule has 0 N–H and O–H groups in total. The molecule has 0 nitrogen and oxygen atoms in total. The molecule has 0 radical (unpaired) electrons. The Bertz CT molecular complexity index is 726. The minimum Gasteiger partial charge on any atom is -0.204 e. The topological polar surface area (TPSA) is 0 Å². The largest absolute Gasteiger partial charge is 0.204 e. The van der Waals surface area contributed by atoms with Crippen LogP contribution in [0.25, 0.3) is 11.1 Å². The van der Waals surface area contributed by atoms with Crippen LogP contribution in [-0.4, -0.2) is 0 Å². The molecule has 0 atom stereocenters. The van der Waals surface area contributed by atoms with E-state index in [1.54, 1.807) is 12.1 Å². The zero-order valence-corrected chi connectivity index (χ0v) is 14.3. The Morgan fingerprint density at radius 1 is 0.880 bits per heavy atom. The maximum absolute atomic E-state index is 13.9. The lowest BCUT2D eigenvalue weighted by Crippen LogP contribution is -2.13. The predicted molar refractivity (Wildman–Crippen MR) is 95.9 cm³/mol. The van der Waals surface area contributed by atoms with E-state index >= 15 is 0 Å². The molecule has 1 saturated carbocycles. The summed E-state index contributed by atoms with van der Waals surface area (Å²) in [5, 5.41) is 0. The Balaban J connectivity index is 1.69. The average Bonchev–Trinajstić information content (AvgIpc) is 2.65. The van der Waals surface area contributed by atoms with Crippen molar-refractivity contribution in [2.24, 2.45) is 5.92 Å². The van der Waals surface area contributed by atoms with E-state index in [2.05, 4.69) is 6.58 Å². The van der Waals surface area contributed by atoms with Gasteiger partial charge in [-0.1, -0.05) is 30.3 Å². The molecule has 3 heteroatoms. The predicted octanol–water partition coefficient (Wildman–Crippen LogP) is 7.01. The zero-order chi connectivity index (χ0) is 17.8. The van der Waals surface area contributed by atoms with Gasteiger partial charge in [-0.25, -0.2) is 13.2 Å². The molecule has 0 saturated heterocycles. The third-order valence-corrected chi connectivity index (χ3v) is 5.35. The number of allylic oxidation sites excluding steroid dienone is 1. The van der Waals surface area contributed by atoms with Crippen LogP contribution in [0, 0.1) is 23.4 Å². The van der Waals surface area contributed by atoms with Crippen LogP contribution in [0.4, 0.5) is 13.2 Å². The molecule has 3 rings (SSSR count). The summed E-state index contributed by atoms with van der Waals surface area (Å²) in [6, 6.07) is 9.83. The molecule has 25 heavy (non-hydrogen) atoms. The molecule has 132 valence electrons. The third-order valence-electron chi connectivity index (χ3n) is 5.35. The van der Waals surface area contributed by atoms with Gasteiger partial charge in [-0.2, -0.15) is 0 Å². The number of hydrogen-bond donors (Lipinski definition) is 0. The van der Waals surface area contributed by atoms with Gasteiger partial charge in [0.2, 0.25) is 0 Å². The normalized spacial score (nSPS) is 20.4. The highest BCUT2D eigenvalue weighted by molar-refractivity contribution is 5.64. The van der Waals surface area contributed by atoms with E-state index in [4.69, 9.17) is 0 Å². The van der Waals surface area contributed by atoms with E-state index in [-0.39, 0.29) is 5.56 Å². The first-order valence-corrected chi connectivity index (χ1v) is 8.95. The van der Waals surface area contributed by atoms with Crippen molar-refractivity contribution in [1.82, 2.24) is 0 Å². The average molecular weight is 344 g/mol. The highest BCUT2D eigenvalue weighted by atomic mass is 19.2. The van der Waals surface area contributed by atoms with Gasteiger partial charge >= 0.3 is 0 Å². The summed E-state index contributed by atoms with van der Waals surface area (Å²) >= 11 is 0. The van der Waals surface area contributed by atoms with E-state index in [0.29, 0.717) is 11.5 Å². The van der Waals surface area contributed by atoms with Gasteiger partial charge in [0.1, 0.15) is 0 Å². The Hall–Kier alpha value is -2.03. The van der Waals surface area contributed by atoms with Gasteiger partial charge in [0.25, 0.3) is 0 Å². The van der Waals surface area contributed by atoms with Gasteiger partial charge < -0.3 is 0 Å². The highest BCUT2D eigenvalue weighted by Crippen LogP contribution is 2.38. The van der Waals surface area contributed by atoms with Crippen LogP contribution in [0.1, 0.15) is 50.0 Å². The quantitative estimate of drug-likeness (QED) is 0.404. The molecule has 0 aliphatic heterocycles. The molecule has 0 amide bonds. The first-order chi connectivity index (χ1) is 12.1. The molecular weight excluding hydrogens is 321 g/mol. The third kappa shape index (κ3) is 3.97. The molecule has 1 fully saturated rings. The highest BCUT2D eigenvalue weighted by Gasteiger charge is 2.22. The monoisotopic (exact) mass is 344 g/mol. The summed E-state index contributed by atoms with van der Waals surface area (Å²) in [6.07, 6.45) is 9.11. The Kier molecular flexibility index (Phi) is 5.62. The van der Waals surface area contributed by atoms with E-state index in [0.717, 1.165) is 18.4 Å². The van der Waals surface area contributed by atoms with Crippen molar-refractivity contribution in [3.05, 3.63) is 72.1 Å². The van der Waals surface area contributed by atoms with Crippen molar-refractivity contribution in [1.29, 1.82) is 0 Å². The maximum Gasteiger partial charge on any atom is 0.195 e. The van der Waals surface area contributed by atoms with Gasteiger partial charge in [-0.05, 0) is 73.6 Å². The van der Waals surface area contributed by atoms with Crippen molar-refractivity contribution in [2.45, 2.75) is 44.4 Å². The lowest BCUT2D eigenvalue weighted by molar-refractivity contribution is 0.312. The summed E-state index contributed by atoms with van der Waals surface area (Å²) in [7, 11) is 0. The molecule has 2 aromatic rings. The molecule has 0 spiro atoms. The van der Waals surface area contributed by atoms with Crippen LogP contribution < -0.4 is 0 Å². The van der Waals surface area contributed by atoms with E-state index in [1.807, 2.05) is 18.2 Å². The molecular formula is C22H23F3. The second kappa shape index (κ2) is 7.90. The first kappa shape index (κ1) is 17.8. The fourth-order valence-corrected chi connectivity index (χ4v) is 3.82. The van der Waals surface area contributed by atoms with Gasteiger partial charge in [0, 0.05) is 5.56 Å². The SMILES string of the molecule is C=CCCC1CCC(c2ccc(-c3ccc(F)c(F)c3F)cc2)CC1. The minimum absolute atomic E-state index is 0.0959. The molecule has 1 aliphatic carbocycles. The summed E-state index contributed by atoms with van der Waals surface area (Å²) in [5.74, 6) is -2.38. The van der Waals surface area contributed by atoms with E-state index in [9.17, 15) is 13.2 Å². The fraction of sp³-hybridized carbons (Fsp3) is 0.364. The van der Waals surface area contributed by atoms with Gasteiger partial charge in [0.15, 0.2) is 17.5 Å². The van der Waals surface area contributed by atoms with Gasteiger partial charge in [-0.3, -0.25) is 0 Å². The van der Waals surface area contributed by atoms with E-state index in [1.165, 1.54) is 43.7 Å².